The first-order chi connectivity index (χ1) is 5.59. The molecule has 0 spiro atoms. The van der Waals surface area contributed by atoms with Crippen LogP contribution in [0.5, 0.6) is 0 Å². The Kier molecular flexibility index (Phi) is 3.22. The van der Waals surface area contributed by atoms with Crippen molar-refractivity contribution in [3.8, 4) is 0 Å². The van der Waals surface area contributed by atoms with Gasteiger partial charge in [0.25, 0.3) is 0 Å². The Bertz CT molecular complexity index is 285. The van der Waals surface area contributed by atoms with E-state index in [9.17, 15) is 4.79 Å². The van der Waals surface area contributed by atoms with Gasteiger partial charge in [0.2, 0.25) is 5.91 Å². The average molecular weight is 249 g/mol. The molecule has 1 heterocycles. The van der Waals surface area contributed by atoms with Crippen LogP contribution in [0.15, 0.2) is 9.30 Å². The third-order valence-electron chi connectivity index (χ3n) is 1.25. The molecule has 0 aliphatic heterocycles. The lowest BCUT2D eigenvalue weighted by Gasteiger charge is -2.03. The number of aromatic nitrogens is 1. The van der Waals surface area contributed by atoms with Crippen LogP contribution in [0.25, 0.3) is 0 Å². The fraction of sp³-hybridized carbons (Fsp3) is 0.429. The zero-order valence-electron chi connectivity index (χ0n) is 6.80. The van der Waals surface area contributed by atoms with Gasteiger partial charge < -0.3 is 5.32 Å². The lowest BCUT2D eigenvalue weighted by molar-refractivity contribution is -0.118. The molecule has 12 heavy (non-hydrogen) atoms. The standard InChI is InChI=1S/C7H9BrN2OS/c1-4(2)6(11)9-5-3-12-7(8)10-5/h3-4H,1-2H3,(H,9,11). The van der Waals surface area contributed by atoms with E-state index in [4.69, 9.17) is 0 Å². The summed E-state index contributed by atoms with van der Waals surface area (Å²) in [6, 6.07) is 0. The molecule has 0 atom stereocenters. The molecule has 0 saturated heterocycles. The highest BCUT2D eigenvalue weighted by Crippen LogP contribution is 2.19. The maximum atomic E-state index is 11.2. The molecule has 0 aliphatic carbocycles. The molecule has 1 rings (SSSR count). The number of hydrogen-bond acceptors (Lipinski definition) is 3. The molecule has 0 unspecified atom stereocenters. The molecule has 1 aromatic rings. The largest absolute Gasteiger partial charge is 0.310 e. The second kappa shape index (κ2) is 4.00. The van der Waals surface area contributed by atoms with Gasteiger partial charge in [0, 0.05) is 11.3 Å². The van der Waals surface area contributed by atoms with E-state index in [0.717, 1.165) is 3.92 Å². The Labute approximate surface area is 83.3 Å². The van der Waals surface area contributed by atoms with Crippen LogP contribution in [0.4, 0.5) is 5.82 Å². The van der Waals surface area contributed by atoms with Gasteiger partial charge in [-0.05, 0) is 15.9 Å². The Morgan fingerprint density at radius 2 is 2.42 bits per heavy atom. The van der Waals surface area contributed by atoms with E-state index in [-0.39, 0.29) is 11.8 Å². The zero-order valence-corrected chi connectivity index (χ0v) is 9.20. The van der Waals surface area contributed by atoms with Crippen molar-refractivity contribution < 1.29 is 4.79 Å². The monoisotopic (exact) mass is 248 g/mol. The summed E-state index contributed by atoms with van der Waals surface area (Å²) in [5, 5.41) is 4.49. The minimum absolute atomic E-state index is 0.00667. The first-order valence-electron chi connectivity index (χ1n) is 3.51. The molecule has 0 aliphatic rings. The fourth-order valence-corrected chi connectivity index (χ4v) is 1.52. The van der Waals surface area contributed by atoms with E-state index < -0.39 is 0 Å². The van der Waals surface area contributed by atoms with Gasteiger partial charge in [-0.2, -0.15) is 0 Å². The fourth-order valence-electron chi connectivity index (χ4n) is 0.580. The van der Waals surface area contributed by atoms with Crippen LogP contribution in [0.2, 0.25) is 0 Å². The van der Waals surface area contributed by atoms with E-state index in [1.165, 1.54) is 11.3 Å². The molecule has 1 aromatic heterocycles. The Balaban J connectivity index is 2.58. The number of halogens is 1. The SMILES string of the molecule is CC(C)C(=O)Nc1csc(Br)n1. The number of nitrogens with one attached hydrogen (secondary N) is 1. The molecule has 0 fully saturated rings. The van der Waals surface area contributed by atoms with Gasteiger partial charge in [0.05, 0.1) is 0 Å². The first kappa shape index (κ1) is 9.67. The Morgan fingerprint density at radius 1 is 1.75 bits per heavy atom. The van der Waals surface area contributed by atoms with E-state index in [0.29, 0.717) is 5.82 Å². The minimum atomic E-state index is -0.00882. The molecule has 66 valence electrons. The summed E-state index contributed by atoms with van der Waals surface area (Å²) in [5.74, 6) is 0.601. The van der Waals surface area contributed by atoms with Gasteiger partial charge >= 0.3 is 0 Å². The van der Waals surface area contributed by atoms with Crippen molar-refractivity contribution in [2.45, 2.75) is 13.8 Å². The summed E-state index contributed by atoms with van der Waals surface area (Å²) >= 11 is 4.66. The van der Waals surface area contributed by atoms with Gasteiger partial charge in [0.15, 0.2) is 3.92 Å². The second-order valence-electron chi connectivity index (χ2n) is 2.63. The van der Waals surface area contributed by atoms with Crippen molar-refractivity contribution in [3.63, 3.8) is 0 Å². The van der Waals surface area contributed by atoms with Gasteiger partial charge in [-0.3, -0.25) is 4.79 Å². The molecule has 3 nitrogen and oxygen atoms in total. The molecule has 0 saturated carbocycles. The predicted octanol–water partition coefficient (Wildman–Crippen LogP) is 2.50. The van der Waals surface area contributed by atoms with E-state index >= 15 is 0 Å². The molecule has 1 N–H and O–H groups in total. The number of thiazole rings is 1. The van der Waals surface area contributed by atoms with Crippen LogP contribution in [0, 0.1) is 5.92 Å². The van der Waals surface area contributed by atoms with Crippen molar-refractivity contribution in [3.05, 3.63) is 9.30 Å². The summed E-state index contributed by atoms with van der Waals surface area (Å²) in [6.45, 7) is 3.69. The lowest BCUT2D eigenvalue weighted by Crippen LogP contribution is -2.17. The van der Waals surface area contributed by atoms with Crippen molar-refractivity contribution in [1.29, 1.82) is 0 Å². The van der Waals surface area contributed by atoms with Gasteiger partial charge in [0.1, 0.15) is 5.82 Å². The first-order valence-corrected chi connectivity index (χ1v) is 5.18. The molecule has 0 radical (unpaired) electrons. The normalized spacial score (nSPS) is 10.3. The predicted molar refractivity (Wildman–Crippen MR) is 53.3 cm³/mol. The minimum Gasteiger partial charge on any atom is -0.310 e. The van der Waals surface area contributed by atoms with Crippen molar-refractivity contribution in [2.75, 3.05) is 5.32 Å². The smallest absolute Gasteiger partial charge is 0.228 e. The number of carbonyl (C=O) groups is 1. The molecule has 0 bridgehead atoms. The summed E-state index contributed by atoms with van der Waals surface area (Å²) in [5.41, 5.74) is 0. The van der Waals surface area contributed by atoms with Crippen LogP contribution < -0.4 is 5.32 Å². The van der Waals surface area contributed by atoms with Crippen molar-refractivity contribution in [2.24, 2.45) is 5.92 Å². The van der Waals surface area contributed by atoms with Crippen molar-refractivity contribution >= 4 is 39.0 Å². The average Bonchev–Trinajstić information content (AvgIpc) is 2.35. The third-order valence-corrected chi connectivity index (χ3v) is 2.62. The molecular formula is C7H9BrN2OS. The quantitative estimate of drug-likeness (QED) is 0.874. The summed E-state index contributed by atoms with van der Waals surface area (Å²) < 4.78 is 0.779. The summed E-state index contributed by atoms with van der Waals surface area (Å²) in [4.78, 5) is 15.2. The highest BCUT2D eigenvalue weighted by atomic mass is 79.9. The number of hydrogen-bond donors (Lipinski definition) is 1. The van der Waals surface area contributed by atoms with Crippen molar-refractivity contribution in [1.82, 2.24) is 4.98 Å². The Hall–Kier alpha value is -0.420. The van der Waals surface area contributed by atoms with E-state index in [2.05, 4.69) is 26.2 Å². The van der Waals surface area contributed by atoms with Gasteiger partial charge in [-0.25, -0.2) is 4.98 Å². The van der Waals surface area contributed by atoms with Crippen LogP contribution in [0.1, 0.15) is 13.8 Å². The number of rotatable bonds is 2. The van der Waals surface area contributed by atoms with Crippen LogP contribution in [-0.2, 0) is 4.79 Å². The highest BCUT2D eigenvalue weighted by molar-refractivity contribution is 9.11. The number of carbonyl (C=O) groups excluding carboxylic acids is 1. The van der Waals surface area contributed by atoms with Crippen LogP contribution >= 0.6 is 27.3 Å². The topological polar surface area (TPSA) is 42.0 Å². The maximum absolute atomic E-state index is 11.2. The number of anilines is 1. The van der Waals surface area contributed by atoms with Crippen LogP contribution in [0.3, 0.4) is 0 Å². The van der Waals surface area contributed by atoms with Crippen LogP contribution in [-0.4, -0.2) is 10.9 Å². The lowest BCUT2D eigenvalue weighted by atomic mass is 10.2. The maximum Gasteiger partial charge on any atom is 0.228 e. The number of amides is 1. The molecule has 1 amide bonds. The van der Waals surface area contributed by atoms with E-state index in [1.54, 1.807) is 5.38 Å². The molecular weight excluding hydrogens is 240 g/mol. The van der Waals surface area contributed by atoms with E-state index in [1.807, 2.05) is 13.8 Å². The summed E-state index contributed by atoms with van der Waals surface area (Å²) in [6.07, 6.45) is 0. The van der Waals surface area contributed by atoms with Gasteiger partial charge in [-0.1, -0.05) is 13.8 Å². The number of nitrogens with zero attached hydrogens (tertiary/aromatic N) is 1. The molecule has 0 aromatic carbocycles. The molecule has 5 heteroatoms. The van der Waals surface area contributed by atoms with Gasteiger partial charge in [-0.15, -0.1) is 11.3 Å². The Morgan fingerprint density at radius 3 is 2.83 bits per heavy atom. The highest BCUT2D eigenvalue weighted by Gasteiger charge is 2.08. The second-order valence-corrected chi connectivity index (χ2v) is 4.76. The third kappa shape index (κ3) is 2.57. The zero-order chi connectivity index (χ0) is 9.14. The summed E-state index contributed by atoms with van der Waals surface area (Å²) in [7, 11) is 0.